The maximum atomic E-state index is 13.7. The van der Waals surface area contributed by atoms with Gasteiger partial charge < -0.3 is 15.2 Å². The van der Waals surface area contributed by atoms with Crippen LogP contribution in [0.1, 0.15) is 29.0 Å². The highest BCUT2D eigenvalue weighted by molar-refractivity contribution is 14.2. The maximum Gasteiger partial charge on any atom is 0.271 e. The van der Waals surface area contributed by atoms with Crippen LogP contribution < -0.4 is 10.2 Å². The molecule has 1 fully saturated rings. The topological polar surface area (TPSA) is 73.9 Å². The molecule has 2 aromatic heterocycles. The van der Waals surface area contributed by atoms with Crippen molar-refractivity contribution >= 4 is 37.0 Å². The molecule has 8 heteroatoms. The van der Waals surface area contributed by atoms with E-state index in [9.17, 15) is 9.18 Å². The molecule has 0 spiro atoms. The van der Waals surface area contributed by atoms with E-state index in [0.717, 1.165) is 40.2 Å². The molecule has 2 N–H and O–H groups in total. The molecule has 0 radical (unpaired) electrons. The lowest BCUT2D eigenvalue weighted by Gasteiger charge is -2.30. The fourth-order valence-electron chi connectivity index (χ4n) is 3.30. The summed E-state index contributed by atoms with van der Waals surface area (Å²) in [5.41, 5.74) is 2.23. The van der Waals surface area contributed by atoms with E-state index < -0.39 is 26.9 Å². The summed E-state index contributed by atoms with van der Waals surface area (Å²) in [6.07, 6.45) is 1.44. The Balaban J connectivity index is 1.69. The van der Waals surface area contributed by atoms with Crippen molar-refractivity contribution in [2.75, 3.05) is 24.5 Å². The van der Waals surface area contributed by atoms with Gasteiger partial charge in [0.1, 0.15) is 27.2 Å². The van der Waals surface area contributed by atoms with Crippen molar-refractivity contribution in [1.82, 2.24) is 20.3 Å². The quantitative estimate of drug-likeness (QED) is 0.551. The number of amides is 1. The fourth-order valence-corrected chi connectivity index (χ4v) is 4.57. The number of H-pyrrole nitrogens is 1. The Morgan fingerprint density at radius 2 is 2.24 bits per heavy atom. The Hall–Kier alpha value is -1.84. The minimum Gasteiger partial charge on any atom is -0.354 e. The number of fused-ring (bicyclic) bond motifs is 1. The first-order valence-corrected chi connectivity index (χ1v) is 10.9. The fraction of sp³-hybridized carbons (Fsp3) is 0.412. The van der Waals surface area contributed by atoms with Gasteiger partial charge in [0.15, 0.2) is 0 Å². The third-order valence-electron chi connectivity index (χ3n) is 4.56. The summed E-state index contributed by atoms with van der Waals surface area (Å²) in [6, 6.07) is 3.88. The Morgan fingerprint density at radius 1 is 1.36 bits per heavy atom. The number of piperidine rings is 1. The first-order chi connectivity index (χ1) is 12.2. The van der Waals surface area contributed by atoms with Crippen molar-refractivity contribution in [3.05, 3.63) is 27.2 Å². The van der Waals surface area contributed by atoms with E-state index in [1.165, 1.54) is 0 Å². The van der Waals surface area contributed by atoms with E-state index in [0.29, 0.717) is 31.0 Å². The van der Waals surface area contributed by atoms with Gasteiger partial charge >= 0.3 is 0 Å². The first-order valence-electron chi connectivity index (χ1n) is 8.31. The Labute approximate surface area is 155 Å². The molecule has 0 saturated carbocycles. The second-order valence-electron chi connectivity index (χ2n) is 6.25. The number of aromatic amines is 1. The molecule has 2 aromatic rings. The first kappa shape index (κ1) is 16.6. The summed E-state index contributed by atoms with van der Waals surface area (Å²) in [4.78, 5) is 26.4. The highest BCUT2D eigenvalue weighted by Gasteiger charge is 2.24. The minimum absolute atomic E-state index is 0.137. The summed E-state index contributed by atoms with van der Waals surface area (Å²) in [6.45, 7) is 1.85. The van der Waals surface area contributed by atoms with E-state index in [2.05, 4.69) is 19.8 Å². The number of anilines is 1. The number of nitrogens with one attached hydrogen (secondary N) is 2. The van der Waals surface area contributed by atoms with Gasteiger partial charge in [0.2, 0.25) is 0 Å². The molecule has 2 aliphatic heterocycles. The molecule has 1 amide bonds. The molecule has 1 saturated heterocycles. The zero-order valence-corrected chi connectivity index (χ0v) is 15.8. The second-order valence-corrected chi connectivity index (χ2v) is 8.03. The maximum absolute atomic E-state index is 13.7. The molecular formula is C17H19FIN5O. The molecule has 0 aliphatic carbocycles. The van der Waals surface area contributed by atoms with Crippen molar-refractivity contribution in [3.8, 4) is 11.4 Å². The summed E-state index contributed by atoms with van der Waals surface area (Å²) >= 11 is -0.536. The van der Waals surface area contributed by atoms with Gasteiger partial charge in [0, 0.05) is 30.8 Å². The normalized spacial score (nSPS) is 20.3. The molecule has 25 heavy (non-hydrogen) atoms. The number of pyridine rings is 1. The molecule has 0 bridgehead atoms. The van der Waals surface area contributed by atoms with Gasteiger partial charge in [-0.05, 0) is 25.0 Å². The average molecular weight is 455 g/mol. The number of aromatic nitrogens is 3. The third-order valence-corrected chi connectivity index (χ3v) is 6.10. The summed E-state index contributed by atoms with van der Waals surface area (Å²) < 4.78 is 18.7. The smallest absolute Gasteiger partial charge is 0.271 e. The van der Waals surface area contributed by atoms with Gasteiger partial charge in [-0.25, -0.2) is 14.4 Å². The molecular weight excluding hydrogens is 436 g/mol. The van der Waals surface area contributed by atoms with Crippen LogP contribution >= 0.6 is 20.7 Å². The van der Waals surface area contributed by atoms with Crippen LogP contribution in [-0.4, -0.2) is 51.2 Å². The lowest BCUT2D eigenvalue weighted by molar-refractivity contribution is 0.0941. The predicted octanol–water partition coefficient (Wildman–Crippen LogP) is 2.27. The molecule has 6 nitrogen and oxygen atoms in total. The van der Waals surface area contributed by atoms with Gasteiger partial charge in [-0.3, -0.25) is 4.79 Å². The molecule has 4 rings (SSSR count). The van der Waals surface area contributed by atoms with Crippen molar-refractivity contribution in [2.45, 2.75) is 25.4 Å². The highest BCUT2D eigenvalue weighted by atomic mass is 127. The van der Waals surface area contributed by atoms with Gasteiger partial charge in [-0.15, -0.1) is 0 Å². The summed E-state index contributed by atoms with van der Waals surface area (Å²) in [5, 5.41) is 2.80. The second kappa shape index (κ2) is 6.81. The number of halogens is 2. The van der Waals surface area contributed by atoms with E-state index in [4.69, 9.17) is 4.98 Å². The summed E-state index contributed by atoms with van der Waals surface area (Å²) in [7, 11) is 0. The highest BCUT2D eigenvalue weighted by Crippen LogP contribution is 2.29. The van der Waals surface area contributed by atoms with Crippen molar-refractivity contribution in [3.63, 3.8) is 0 Å². The lowest BCUT2D eigenvalue weighted by Crippen LogP contribution is -2.36. The number of nitrogens with zero attached hydrogens (tertiary/aromatic N) is 3. The zero-order chi connectivity index (χ0) is 17.4. The van der Waals surface area contributed by atoms with Crippen LogP contribution in [0.3, 0.4) is 0 Å². The van der Waals surface area contributed by atoms with Gasteiger partial charge in [0.05, 0.1) is 6.54 Å². The van der Waals surface area contributed by atoms with Crippen molar-refractivity contribution < 1.29 is 9.18 Å². The molecule has 1 atom stereocenters. The molecule has 0 unspecified atom stereocenters. The number of rotatable bonds is 3. The van der Waals surface area contributed by atoms with E-state index >= 15 is 0 Å². The van der Waals surface area contributed by atoms with Crippen LogP contribution in [0.4, 0.5) is 10.2 Å². The van der Waals surface area contributed by atoms with Crippen LogP contribution in [0.5, 0.6) is 0 Å². The molecule has 0 aromatic carbocycles. The molecule has 4 heterocycles. The zero-order valence-electron chi connectivity index (χ0n) is 13.7. The molecule has 132 valence electrons. The summed E-state index contributed by atoms with van der Waals surface area (Å²) in [5.74, 6) is 1.33. The Bertz CT molecular complexity index is 836. The van der Waals surface area contributed by atoms with E-state index in [1.54, 1.807) is 0 Å². The lowest BCUT2D eigenvalue weighted by atomic mass is 10.1. The monoisotopic (exact) mass is 455 g/mol. The van der Waals surface area contributed by atoms with Crippen LogP contribution in [0.25, 0.3) is 11.4 Å². The largest absolute Gasteiger partial charge is 0.354 e. The Morgan fingerprint density at radius 3 is 3.00 bits per heavy atom. The standard InChI is InChI=1S/C17H19FIN5O/c1-19-15-11(16-21-12-6-7-20-17(25)14(12)23-16)4-5-13(22-15)24-8-2-3-10(18)9-24/h4-5,10H,1-3,6-9H2,(H,20,25)(H,21,23)/t10-/m0/s1. The van der Waals surface area contributed by atoms with Crippen LogP contribution in [-0.2, 0) is 6.42 Å². The van der Waals surface area contributed by atoms with E-state index in [1.807, 2.05) is 17.0 Å². The van der Waals surface area contributed by atoms with Crippen LogP contribution in [0, 0.1) is 3.70 Å². The number of hydrogen-bond acceptors (Lipinski definition) is 4. The van der Waals surface area contributed by atoms with Crippen LogP contribution in [0.2, 0.25) is 0 Å². The number of hydrogen-bond donors (Lipinski definition) is 2. The van der Waals surface area contributed by atoms with Gasteiger partial charge in [-0.1, -0.05) is 25.2 Å². The SMILES string of the molecule is C=Ic1nc(N2CCC[C@H](F)C2)ccc1-c1nc2c([nH]1)CCNC2=O. The number of alkyl halides is 1. The number of carbonyl (C=O) groups is 1. The third kappa shape index (κ3) is 3.19. The van der Waals surface area contributed by atoms with Crippen LogP contribution in [0.15, 0.2) is 12.1 Å². The van der Waals surface area contributed by atoms with E-state index in [-0.39, 0.29) is 5.91 Å². The number of imidazole rings is 1. The van der Waals surface area contributed by atoms with Gasteiger partial charge in [-0.2, -0.15) is 0 Å². The number of carbonyl (C=O) groups excluding carboxylic acids is 1. The molecule has 2 aliphatic rings. The predicted molar refractivity (Wildman–Crippen MR) is 104 cm³/mol. The Kier molecular flexibility index (Phi) is 4.53. The van der Waals surface area contributed by atoms with Crippen molar-refractivity contribution in [2.24, 2.45) is 0 Å². The minimum atomic E-state index is -0.788. The van der Waals surface area contributed by atoms with Gasteiger partial charge in [0.25, 0.3) is 5.91 Å². The average Bonchev–Trinajstić information content (AvgIpc) is 3.06. The van der Waals surface area contributed by atoms with Crippen molar-refractivity contribution in [1.29, 1.82) is 0 Å².